The van der Waals surface area contributed by atoms with Crippen LogP contribution in [0.25, 0.3) is 0 Å². The van der Waals surface area contributed by atoms with E-state index in [9.17, 15) is 9.59 Å². The summed E-state index contributed by atoms with van der Waals surface area (Å²) in [6.45, 7) is 0. The van der Waals surface area contributed by atoms with Gasteiger partial charge in [0.2, 0.25) is 0 Å². The van der Waals surface area contributed by atoms with Crippen LogP contribution in [-0.4, -0.2) is 11.8 Å². The summed E-state index contributed by atoms with van der Waals surface area (Å²) < 4.78 is 1.75. The van der Waals surface area contributed by atoms with E-state index in [0.29, 0.717) is 0 Å². The summed E-state index contributed by atoms with van der Waals surface area (Å²) in [6.07, 6.45) is 0. The smallest absolute Gasteiger partial charge is 0.318 e. The first-order chi connectivity index (χ1) is 3.18. The number of carbonyl (C=O) groups excluding carboxylic acids is 2. The predicted octanol–water partition coefficient (Wildman–Crippen LogP) is -1.57. The fraction of sp³-hybridized carbons (Fsp3) is 0. The third kappa shape index (κ3) is 2.05. The van der Waals surface area contributed by atoms with Gasteiger partial charge < -0.3 is 5.73 Å². The van der Waals surface area contributed by atoms with Crippen molar-refractivity contribution in [2.45, 2.75) is 0 Å². The molecule has 0 aromatic rings. The van der Waals surface area contributed by atoms with Crippen LogP contribution in [0.4, 0.5) is 0 Å². The van der Waals surface area contributed by atoms with Crippen molar-refractivity contribution in [3.63, 3.8) is 0 Å². The summed E-state index contributed by atoms with van der Waals surface area (Å²) in [4.78, 5) is 19.5. The van der Waals surface area contributed by atoms with Crippen LogP contribution in [-0.2, 0) is 9.59 Å². The SMILES string of the molecule is NC(=O)C(=O)NS. The molecule has 0 aliphatic heterocycles. The number of carbonyl (C=O) groups is 2. The van der Waals surface area contributed by atoms with Crippen molar-refractivity contribution >= 4 is 24.6 Å². The van der Waals surface area contributed by atoms with E-state index in [-0.39, 0.29) is 0 Å². The Morgan fingerprint density at radius 1 is 1.57 bits per heavy atom. The molecule has 0 spiro atoms. The van der Waals surface area contributed by atoms with Crippen LogP contribution in [0.1, 0.15) is 0 Å². The van der Waals surface area contributed by atoms with Crippen molar-refractivity contribution < 1.29 is 9.59 Å². The molecule has 0 heterocycles. The van der Waals surface area contributed by atoms with Crippen molar-refractivity contribution in [1.82, 2.24) is 4.72 Å². The molecule has 0 aliphatic carbocycles. The molecular weight excluding hydrogens is 116 g/mol. The van der Waals surface area contributed by atoms with Crippen molar-refractivity contribution in [2.24, 2.45) is 5.73 Å². The molecule has 0 aliphatic rings. The highest BCUT2D eigenvalue weighted by Gasteiger charge is 2.02. The van der Waals surface area contributed by atoms with Crippen molar-refractivity contribution in [2.75, 3.05) is 0 Å². The zero-order valence-corrected chi connectivity index (χ0v) is 4.24. The van der Waals surface area contributed by atoms with Crippen LogP contribution >= 0.6 is 12.8 Å². The fourth-order valence-electron chi connectivity index (χ4n) is 0.0551. The molecule has 3 N–H and O–H groups in total. The van der Waals surface area contributed by atoms with E-state index in [1.165, 1.54) is 0 Å². The van der Waals surface area contributed by atoms with Gasteiger partial charge in [-0.15, -0.1) is 0 Å². The lowest BCUT2D eigenvalue weighted by Crippen LogP contribution is -2.30. The zero-order valence-electron chi connectivity index (χ0n) is 3.34. The average Bonchev–Trinajstić information content (AvgIpc) is 1.65. The van der Waals surface area contributed by atoms with E-state index in [0.717, 1.165) is 0 Å². The van der Waals surface area contributed by atoms with Crippen LogP contribution in [0.15, 0.2) is 0 Å². The Hall–Kier alpha value is -0.710. The van der Waals surface area contributed by atoms with Crippen LogP contribution in [0.5, 0.6) is 0 Å². The number of hydrogen-bond acceptors (Lipinski definition) is 3. The maximum atomic E-state index is 9.85. The fourth-order valence-corrected chi connectivity index (χ4v) is 0.165. The van der Waals surface area contributed by atoms with Gasteiger partial charge in [-0.2, -0.15) is 0 Å². The number of nitrogens with one attached hydrogen (secondary N) is 1. The maximum Gasteiger partial charge on any atom is 0.318 e. The monoisotopic (exact) mass is 120 g/mol. The Labute approximate surface area is 45.6 Å². The number of hydrogen-bond donors (Lipinski definition) is 3. The average molecular weight is 120 g/mol. The first-order valence-electron chi connectivity index (χ1n) is 1.42. The van der Waals surface area contributed by atoms with Gasteiger partial charge in [0.15, 0.2) is 0 Å². The van der Waals surface area contributed by atoms with Crippen molar-refractivity contribution in [3.05, 3.63) is 0 Å². The lowest BCUT2D eigenvalue weighted by atomic mass is 10.6. The topological polar surface area (TPSA) is 72.2 Å². The Bertz CT molecular complexity index is 102. The standard InChI is InChI=1S/C2H4N2O2S/c3-1(5)2(6)4-7/h7H,(H2,3,5)(H,4,6). The summed E-state index contributed by atoms with van der Waals surface area (Å²) in [5.74, 6) is -1.93. The molecule has 0 saturated carbocycles. The first kappa shape index (κ1) is 6.29. The molecule has 4 nitrogen and oxygen atoms in total. The normalized spacial score (nSPS) is 7.57. The Morgan fingerprint density at radius 2 is 2.00 bits per heavy atom. The van der Waals surface area contributed by atoms with E-state index < -0.39 is 11.8 Å². The molecule has 0 aromatic carbocycles. The molecule has 2 amide bonds. The van der Waals surface area contributed by atoms with E-state index >= 15 is 0 Å². The summed E-state index contributed by atoms with van der Waals surface area (Å²) in [7, 11) is 0. The van der Waals surface area contributed by atoms with Gasteiger partial charge >= 0.3 is 11.8 Å². The molecule has 0 saturated heterocycles. The zero-order chi connectivity index (χ0) is 5.86. The van der Waals surface area contributed by atoms with Gasteiger partial charge in [-0.3, -0.25) is 14.3 Å². The van der Waals surface area contributed by atoms with Crippen LogP contribution in [0.3, 0.4) is 0 Å². The van der Waals surface area contributed by atoms with Gasteiger partial charge in [-0.05, 0) is 0 Å². The van der Waals surface area contributed by atoms with Crippen LogP contribution in [0.2, 0.25) is 0 Å². The number of primary amides is 1. The Balaban J connectivity index is 3.58. The minimum Gasteiger partial charge on any atom is -0.361 e. The predicted molar refractivity (Wildman–Crippen MR) is 26.3 cm³/mol. The second-order valence-corrected chi connectivity index (χ2v) is 1.03. The molecule has 0 unspecified atom stereocenters. The van der Waals surface area contributed by atoms with Gasteiger partial charge in [0.1, 0.15) is 0 Å². The summed E-state index contributed by atoms with van der Waals surface area (Å²) in [5, 5.41) is 0. The van der Waals surface area contributed by atoms with E-state index in [4.69, 9.17) is 0 Å². The van der Waals surface area contributed by atoms with Gasteiger partial charge in [-0.25, -0.2) is 0 Å². The van der Waals surface area contributed by atoms with Gasteiger partial charge in [0.25, 0.3) is 0 Å². The number of rotatable bonds is 0. The molecule has 0 radical (unpaired) electrons. The molecule has 0 atom stereocenters. The molecule has 0 bridgehead atoms. The summed E-state index contributed by atoms with van der Waals surface area (Å²) in [6, 6.07) is 0. The number of thiol groups is 1. The highest BCUT2D eigenvalue weighted by Crippen LogP contribution is 1.61. The third-order valence-electron chi connectivity index (χ3n) is 0.325. The quantitative estimate of drug-likeness (QED) is 0.267. The third-order valence-corrected chi connectivity index (χ3v) is 0.528. The lowest BCUT2D eigenvalue weighted by Gasteiger charge is -1.85. The minimum absolute atomic E-state index is 0.900. The molecule has 0 rings (SSSR count). The molecule has 5 heteroatoms. The summed E-state index contributed by atoms with van der Waals surface area (Å²) in [5.41, 5.74) is 4.45. The van der Waals surface area contributed by atoms with Crippen LogP contribution < -0.4 is 10.5 Å². The highest BCUT2D eigenvalue weighted by atomic mass is 32.1. The van der Waals surface area contributed by atoms with Crippen molar-refractivity contribution in [3.8, 4) is 0 Å². The maximum absolute atomic E-state index is 9.85. The van der Waals surface area contributed by atoms with E-state index in [1.54, 1.807) is 4.72 Å². The van der Waals surface area contributed by atoms with Crippen molar-refractivity contribution in [1.29, 1.82) is 0 Å². The second kappa shape index (κ2) is 2.46. The Morgan fingerprint density at radius 3 is 2.00 bits per heavy atom. The first-order valence-corrected chi connectivity index (χ1v) is 1.87. The van der Waals surface area contributed by atoms with E-state index in [2.05, 4.69) is 18.5 Å². The molecule has 40 valence electrons. The molecular formula is C2H4N2O2S. The largest absolute Gasteiger partial charge is 0.361 e. The van der Waals surface area contributed by atoms with Gasteiger partial charge in [0, 0.05) is 0 Å². The number of amides is 2. The lowest BCUT2D eigenvalue weighted by molar-refractivity contribution is -0.136. The molecule has 0 fully saturated rings. The number of nitrogens with two attached hydrogens (primary N) is 1. The van der Waals surface area contributed by atoms with E-state index in [1.807, 2.05) is 0 Å². The highest BCUT2D eigenvalue weighted by molar-refractivity contribution is 7.78. The second-order valence-electron chi connectivity index (χ2n) is 0.805. The van der Waals surface area contributed by atoms with Gasteiger partial charge in [-0.1, -0.05) is 12.8 Å². The summed E-state index contributed by atoms with van der Waals surface area (Å²) >= 11 is 3.25. The minimum atomic E-state index is -1.03. The van der Waals surface area contributed by atoms with Crippen LogP contribution in [0, 0.1) is 0 Å². The Kier molecular flexibility index (Phi) is 2.21. The molecule has 0 aromatic heterocycles. The van der Waals surface area contributed by atoms with Gasteiger partial charge in [0.05, 0.1) is 0 Å². The molecule has 7 heavy (non-hydrogen) atoms.